The van der Waals surface area contributed by atoms with Crippen LogP contribution >= 0.6 is 11.8 Å². The number of carbonyl (C=O) groups excluding carboxylic acids is 1. The van der Waals surface area contributed by atoms with E-state index in [4.69, 9.17) is 0 Å². The lowest BCUT2D eigenvalue weighted by Crippen LogP contribution is -2.01. The Morgan fingerprint density at radius 3 is 2.53 bits per heavy atom. The van der Waals surface area contributed by atoms with Crippen molar-refractivity contribution < 1.29 is 9.53 Å². The van der Waals surface area contributed by atoms with E-state index >= 15 is 0 Å². The number of carbonyl (C=O) groups is 1. The molecule has 0 aliphatic heterocycles. The summed E-state index contributed by atoms with van der Waals surface area (Å²) in [5.74, 6) is 1.55. The van der Waals surface area contributed by atoms with Crippen molar-refractivity contribution in [3.8, 4) is 11.1 Å². The third kappa shape index (κ3) is 8.00. The predicted molar refractivity (Wildman–Crippen MR) is 132 cm³/mol. The van der Waals surface area contributed by atoms with Crippen LogP contribution in [0, 0.1) is 0 Å². The van der Waals surface area contributed by atoms with Gasteiger partial charge in [0.15, 0.2) is 0 Å². The monoisotopic (exact) mass is 449 g/mol. The number of aromatic nitrogens is 3. The molecule has 1 heterocycles. The second kappa shape index (κ2) is 12.9. The van der Waals surface area contributed by atoms with Crippen LogP contribution in [-0.2, 0) is 28.9 Å². The lowest BCUT2D eigenvalue weighted by atomic mass is 10.0. The number of thioether (sulfide) groups is 1. The van der Waals surface area contributed by atoms with E-state index in [1.165, 1.54) is 29.4 Å². The van der Waals surface area contributed by atoms with Crippen LogP contribution in [0.3, 0.4) is 0 Å². The number of esters is 1. The van der Waals surface area contributed by atoms with Crippen LogP contribution in [0.15, 0.2) is 72.4 Å². The number of hydrogen-bond acceptors (Lipinski definition) is 5. The average Bonchev–Trinajstić information content (AvgIpc) is 3.30. The fourth-order valence-electron chi connectivity index (χ4n) is 3.26. The summed E-state index contributed by atoms with van der Waals surface area (Å²) in [5, 5.41) is 8.61. The molecule has 0 bridgehead atoms. The van der Waals surface area contributed by atoms with Gasteiger partial charge < -0.3 is 4.74 Å². The van der Waals surface area contributed by atoms with E-state index in [2.05, 4.69) is 82.8 Å². The second-order valence-corrected chi connectivity index (χ2v) is 8.89. The van der Waals surface area contributed by atoms with Crippen molar-refractivity contribution in [1.82, 2.24) is 15.0 Å². The fourth-order valence-corrected chi connectivity index (χ4v) is 4.14. The molecule has 5 nitrogen and oxygen atoms in total. The highest BCUT2D eigenvalue weighted by Gasteiger charge is 2.04. The zero-order chi connectivity index (χ0) is 22.6. The Balaban J connectivity index is 1.38. The van der Waals surface area contributed by atoms with Crippen molar-refractivity contribution in [3.05, 3.63) is 83.7 Å². The Hall–Kier alpha value is -2.86. The molecule has 0 spiro atoms. The van der Waals surface area contributed by atoms with Gasteiger partial charge in [0, 0.05) is 24.2 Å². The summed E-state index contributed by atoms with van der Waals surface area (Å²) < 4.78 is 6.57. The van der Waals surface area contributed by atoms with Crippen LogP contribution in [0.1, 0.15) is 31.0 Å². The van der Waals surface area contributed by atoms with Gasteiger partial charge in [-0.15, -0.1) is 5.10 Å². The van der Waals surface area contributed by atoms with E-state index in [0.717, 1.165) is 43.0 Å². The highest BCUT2D eigenvalue weighted by atomic mass is 32.2. The second-order valence-electron chi connectivity index (χ2n) is 7.74. The molecule has 3 aromatic rings. The number of aryl methyl sites for hydroxylation is 3. The molecule has 0 unspecified atom stereocenters. The lowest BCUT2D eigenvalue weighted by Gasteiger charge is -2.04. The maximum Gasteiger partial charge on any atom is 0.306 e. The van der Waals surface area contributed by atoms with Crippen LogP contribution < -0.4 is 0 Å². The van der Waals surface area contributed by atoms with Crippen molar-refractivity contribution >= 4 is 17.7 Å². The molecular weight excluding hydrogens is 418 g/mol. The van der Waals surface area contributed by atoms with Crippen LogP contribution in [0.25, 0.3) is 11.1 Å². The van der Waals surface area contributed by atoms with Gasteiger partial charge in [0.1, 0.15) is 0 Å². The van der Waals surface area contributed by atoms with Crippen molar-refractivity contribution in [2.24, 2.45) is 0 Å². The highest BCUT2D eigenvalue weighted by molar-refractivity contribution is 7.99. The molecule has 0 fully saturated rings. The molecule has 1 aromatic heterocycles. The molecule has 0 saturated carbocycles. The van der Waals surface area contributed by atoms with Gasteiger partial charge in [-0.1, -0.05) is 71.5 Å². The Bertz CT molecular complexity index is 997. The molecule has 32 heavy (non-hydrogen) atoms. The number of rotatable bonds is 12. The predicted octanol–water partition coefficient (Wildman–Crippen LogP) is 5.36. The first-order chi connectivity index (χ1) is 15.6. The first-order valence-electron chi connectivity index (χ1n) is 11.0. The molecule has 0 atom stereocenters. The molecular formula is C26H31N3O2S. The smallest absolute Gasteiger partial charge is 0.306 e. The number of ether oxygens (including phenoxy) is 1. The summed E-state index contributed by atoms with van der Waals surface area (Å²) in [6, 6.07) is 19.2. The van der Waals surface area contributed by atoms with E-state index in [9.17, 15) is 4.79 Å². The minimum Gasteiger partial charge on any atom is -0.469 e. The standard InChI is InChI=1S/C26H31N3O2S/c1-21(15-18-32-19-16-26(30)31-2)14-17-29-20-25(27-28-29)13-10-22-8-11-24(12-9-22)23-6-4-3-5-7-23/h3-9,11-12,15,20H,10,13-14,16-19H2,1-2H3/b21-15-. The van der Waals surface area contributed by atoms with E-state index in [0.29, 0.717) is 6.42 Å². The van der Waals surface area contributed by atoms with Crippen LogP contribution in [-0.4, -0.2) is 39.6 Å². The van der Waals surface area contributed by atoms with E-state index in [1.807, 2.05) is 10.7 Å². The van der Waals surface area contributed by atoms with Gasteiger partial charge in [0.25, 0.3) is 0 Å². The molecule has 0 aliphatic carbocycles. The molecule has 2 aromatic carbocycles. The summed E-state index contributed by atoms with van der Waals surface area (Å²) in [6.45, 7) is 2.96. The molecule has 3 rings (SSSR count). The molecule has 0 N–H and O–H groups in total. The van der Waals surface area contributed by atoms with Gasteiger partial charge in [-0.2, -0.15) is 11.8 Å². The summed E-state index contributed by atoms with van der Waals surface area (Å²) in [6.07, 6.45) is 7.52. The first kappa shape index (κ1) is 23.8. The quantitative estimate of drug-likeness (QED) is 0.212. The fraction of sp³-hybridized carbons (Fsp3) is 0.346. The Morgan fingerprint density at radius 2 is 1.78 bits per heavy atom. The minimum absolute atomic E-state index is 0.149. The minimum atomic E-state index is -0.149. The summed E-state index contributed by atoms with van der Waals surface area (Å²) in [4.78, 5) is 11.1. The summed E-state index contributed by atoms with van der Waals surface area (Å²) in [7, 11) is 1.43. The van der Waals surface area contributed by atoms with Crippen LogP contribution in [0.2, 0.25) is 0 Å². The summed E-state index contributed by atoms with van der Waals surface area (Å²) >= 11 is 1.74. The maximum absolute atomic E-state index is 11.1. The molecule has 168 valence electrons. The van der Waals surface area contributed by atoms with Crippen LogP contribution in [0.4, 0.5) is 0 Å². The number of benzene rings is 2. The van der Waals surface area contributed by atoms with Gasteiger partial charge in [0.2, 0.25) is 0 Å². The summed E-state index contributed by atoms with van der Waals surface area (Å²) in [5.41, 5.74) is 6.14. The van der Waals surface area contributed by atoms with Crippen molar-refractivity contribution in [3.63, 3.8) is 0 Å². The van der Waals surface area contributed by atoms with Gasteiger partial charge >= 0.3 is 5.97 Å². The zero-order valence-electron chi connectivity index (χ0n) is 18.9. The molecule has 0 radical (unpaired) electrons. The SMILES string of the molecule is COC(=O)CCSC/C=C(/C)CCn1cc(CCc2ccc(-c3ccccc3)cc2)nn1. The van der Waals surface area contributed by atoms with Crippen molar-refractivity contribution in [1.29, 1.82) is 0 Å². The van der Waals surface area contributed by atoms with Crippen molar-refractivity contribution in [2.45, 2.75) is 39.2 Å². The maximum atomic E-state index is 11.1. The zero-order valence-corrected chi connectivity index (χ0v) is 19.7. The van der Waals surface area contributed by atoms with Crippen LogP contribution in [0.5, 0.6) is 0 Å². The van der Waals surface area contributed by atoms with E-state index < -0.39 is 0 Å². The normalized spacial score (nSPS) is 11.5. The Labute approximate surface area is 194 Å². The lowest BCUT2D eigenvalue weighted by molar-refractivity contribution is -0.140. The number of allylic oxidation sites excluding steroid dienone is 1. The Kier molecular flexibility index (Phi) is 9.57. The molecule has 6 heteroatoms. The van der Waals surface area contributed by atoms with E-state index in [-0.39, 0.29) is 5.97 Å². The van der Waals surface area contributed by atoms with Gasteiger partial charge in [-0.05, 0) is 42.9 Å². The number of hydrogen-bond donors (Lipinski definition) is 0. The molecule has 0 amide bonds. The molecule has 0 aliphatic rings. The van der Waals surface area contributed by atoms with Crippen molar-refractivity contribution in [2.75, 3.05) is 18.6 Å². The third-order valence-electron chi connectivity index (χ3n) is 5.28. The topological polar surface area (TPSA) is 57.0 Å². The first-order valence-corrected chi connectivity index (χ1v) is 12.1. The molecule has 0 saturated heterocycles. The van der Waals surface area contributed by atoms with E-state index in [1.54, 1.807) is 11.8 Å². The number of methoxy groups -OCH3 is 1. The van der Waals surface area contributed by atoms with Gasteiger partial charge in [-0.3, -0.25) is 9.48 Å². The Morgan fingerprint density at radius 1 is 1.03 bits per heavy atom. The average molecular weight is 450 g/mol. The third-order valence-corrected chi connectivity index (χ3v) is 6.18. The van der Waals surface area contributed by atoms with Gasteiger partial charge in [0.05, 0.1) is 19.2 Å². The van der Waals surface area contributed by atoms with Gasteiger partial charge in [-0.25, -0.2) is 0 Å². The number of nitrogens with zero attached hydrogens (tertiary/aromatic N) is 3. The largest absolute Gasteiger partial charge is 0.469 e. The highest BCUT2D eigenvalue weighted by Crippen LogP contribution is 2.19.